The van der Waals surface area contributed by atoms with Gasteiger partial charge < -0.3 is 10.0 Å². The summed E-state index contributed by atoms with van der Waals surface area (Å²) in [5.74, 6) is -1.42. The number of carbonyl (C=O) groups is 1. The fourth-order valence-corrected chi connectivity index (χ4v) is 2.20. The van der Waals surface area contributed by atoms with Crippen LogP contribution in [0.2, 0.25) is 0 Å². The molecule has 2 atom stereocenters. The summed E-state index contributed by atoms with van der Waals surface area (Å²) in [6, 6.07) is -2.18. The molecule has 0 spiro atoms. The molecule has 0 radical (unpaired) electrons. The number of likely N-dealkylation sites (N-methyl/N-ethyl adjacent to an activating group) is 1. The fraction of sp³-hybridized carbons (Fsp3) is 0.900. The molecule has 1 saturated heterocycles. The second kappa shape index (κ2) is 5.22. The maximum atomic E-state index is 12.8. The van der Waals surface area contributed by atoms with Crippen LogP contribution < -0.4 is 0 Å². The summed E-state index contributed by atoms with van der Waals surface area (Å²) in [6.07, 6.45) is -5.39. The van der Waals surface area contributed by atoms with Gasteiger partial charge in [0.05, 0.1) is 6.42 Å². The van der Waals surface area contributed by atoms with Gasteiger partial charge in [-0.2, -0.15) is 13.2 Å². The Morgan fingerprint density at radius 3 is 2.47 bits per heavy atom. The summed E-state index contributed by atoms with van der Waals surface area (Å²) in [4.78, 5) is 13.7. The molecule has 2 unspecified atom stereocenters. The normalized spacial score (nSPS) is 25.8. The first-order valence-electron chi connectivity index (χ1n) is 5.44. The largest absolute Gasteiger partial charge is 0.481 e. The van der Waals surface area contributed by atoms with Crippen LogP contribution in [0.15, 0.2) is 0 Å². The van der Waals surface area contributed by atoms with Crippen LogP contribution in [0.25, 0.3) is 0 Å². The van der Waals surface area contributed by atoms with Gasteiger partial charge >= 0.3 is 12.1 Å². The van der Waals surface area contributed by atoms with Gasteiger partial charge in [-0.15, -0.1) is 0 Å². The Labute approximate surface area is 98.0 Å². The van der Waals surface area contributed by atoms with Gasteiger partial charge in [0.2, 0.25) is 0 Å². The van der Waals surface area contributed by atoms with E-state index in [9.17, 15) is 18.0 Å². The van der Waals surface area contributed by atoms with Crippen LogP contribution in [0, 0.1) is 0 Å². The average molecular weight is 254 g/mol. The topological polar surface area (TPSA) is 43.8 Å². The molecule has 1 heterocycles. The lowest BCUT2D eigenvalue weighted by Crippen LogP contribution is -2.58. The highest BCUT2D eigenvalue weighted by Gasteiger charge is 2.46. The maximum absolute atomic E-state index is 12.8. The molecule has 0 amide bonds. The van der Waals surface area contributed by atoms with Crippen molar-refractivity contribution in [2.45, 2.75) is 31.6 Å². The van der Waals surface area contributed by atoms with E-state index in [2.05, 4.69) is 0 Å². The van der Waals surface area contributed by atoms with Crippen LogP contribution in [0.3, 0.4) is 0 Å². The van der Waals surface area contributed by atoms with E-state index in [-0.39, 0.29) is 12.6 Å². The SMILES string of the molecule is CC1CN(C)CCN1C(CC(=O)O)C(F)(F)F. The third kappa shape index (κ3) is 3.85. The summed E-state index contributed by atoms with van der Waals surface area (Å²) in [7, 11) is 1.84. The van der Waals surface area contributed by atoms with E-state index < -0.39 is 24.6 Å². The Morgan fingerprint density at radius 1 is 1.47 bits per heavy atom. The molecule has 7 heteroatoms. The zero-order chi connectivity index (χ0) is 13.2. The first-order chi connectivity index (χ1) is 7.71. The van der Waals surface area contributed by atoms with E-state index in [1.807, 2.05) is 11.9 Å². The molecule has 1 fully saturated rings. The lowest BCUT2D eigenvalue weighted by molar-refractivity contribution is -0.199. The lowest BCUT2D eigenvalue weighted by atomic mass is 10.1. The number of aliphatic carboxylic acids is 1. The molecule has 1 N–H and O–H groups in total. The summed E-state index contributed by atoms with van der Waals surface area (Å²) >= 11 is 0. The predicted molar refractivity (Wildman–Crippen MR) is 55.8 cm³/mol. The zero-order valence-corrected chi connectivity index (χ0v) is 9.87. The average Bonchev–Trinajstić information content (AvgIpc) is 2.13. The number of piperazine rings is 1. The van der Waals surface area contributed by atoms with Crippen molar-refractivity contribution >= 4 is 5.97 Å². The van der Waals surface area contributed by atoms with Gasteiger partial charge in [-0.1, -0.05) is 0 Å². The quantitative estimate of drug-likeness (QED) is 0.817. The third-order valence-corrected chi connectivity index (χ3v) is 3.03. The Bertz CT molecular complexity index is 283. The maximum Gasteiger partial charge on any atom is 0.404 e. The Morgan fingerprint density at radius 2 is 2.06 bits per heavy atom. The van der Waals surface area contributed by atoms with E-state index in [1.165, 1.54) is 4.90 Å². The van der Waals surface area contributed by atoms with E-state index >= 15 is 0 Å². The van der Waals surface area contributed by atoms with Crippen LogP contribution >= 0.6 is 0 Å². The van der Waals surface area contributed by atoms with Gasteiger partial charge in [0, 0.05) is 25.7 Å². The van der Waals surface area contributed by atoms with Crippen molar-refractivity contribution < 1.29 is 23.1 Å². The van der Waals surface area contributed by atoms with Crippen molar-refractivity contribution in [3.8, 4) is 0 Å². The molecule has 1 rings (SSSR count). The summed E-state index contributed by atoms with van der Waals surface area (Å²) in [6.45, 7) is 2.98. The molecule has 17 heavy (non-hydrogen) atoms. The third-order valence-electron chi connectivity index (χ3n) is 3.03. The number of rotatable bonds is 3. The monoisotopic (exact) mass is 254 g/mol. The summed E-state index contributed by atoms with van der Waals surface area (Å²) in [5, 5.41) is 8.58. The van der Waals surface area contributed by atoms with Crippen molar-refractivity contribution in [2.24, 2.45) is 0 Å². The molecule has 1 aliphatic rings. The number of carboxylic acids is 1. The van der Waals surface area contributed by atoms with Crippen molar-refractivity contribution in [3.63, 3.8) is 0 Å². The van der Waals surface area contributed by atoms with Gasteiger partial charge in [-0.25, -0.2) is 0 Å². The van der Waals surface area contributed by atoms with Crippen LogP contribution in [-0.4, -0.2) is 65.8 Å². The van der Waals surface area contributed by atoms with Crippen molar-refractivity contribution in [1.82, 2.24) is 9.80 Å². The highest BCUT2D eigenvalue weighted by molar-refractivity contribution is 5.67. The van der Waals surface area contributed by atoms with Gasteiger partial charge in [0.15, 0.2) is 0 Å². The standard InChI is InChI=1S/C10H17F3N2O2/c1-7-6-14(2)3-4-15(7)8(5-9(16)17)10(11,12)13/h7-8H,3-6H2,1-2H3,(H,16,17). The van der Waals surface area contributed by atoms with Crippen molar-refractivity contribution in [1.29, 1.82) is 0 Å². The minimum atomic E-state index is -4.50. The molecule has 0 aromatic rings. The first kappa shape index (κ1) is 14.2. The zero-order valence-electron chi connectivity index (χ0n) is 9.87. The molecular formula is C10H17F3N2O2. The lowest BCUT2D eigenvalue weighted by Gasteiger charge is -2.42. The molecule has 0 aromatic carbocycles. The van der Waals surface area contributed by atoms with Crippen LogP contribution in [0.4, 0.5) is 13.2 Å². The van der Waals surface area contributed by atoms with Crippen LogP contribution in [-0.2, 0) is 4.79 Å². The first-order valence-corrected chi connectivity index (χ1v) is 5.44. The second-order valence-corrected chi connectivity index (χ2v) is 4.50. The highest BCUT2D eigenvalue weighted by Crippen LogP contribution is 2.29. The molecule has 4 nitrogen and oxygen atoms in total. The van der Waals surface area contributed by atoms with E-state index in [0.29, 0.717) is 13.1 Å². The van der Waals surface area contributed by atoms with Crippen LogP contribution in [0.5, 0.6) is 0 Å². The van der Waals surface area contributed by atoms with Crippen LogP contribution in [0.1, 0.15) is 13.3 Å². The number of halogens is 3. The smallest absolute Gasteiger partial charge is 0.404 e. The van der Waals surface area contributed by atoms with E-state index in [4.69, 9.17) is 5.11 Å². The van der Waals surface area contributed by atoms with Gasteiger partial charge in [0.1, 0.15) is 6.04 Å². The van der Waals surface area contributed by atoms with Gasteiger partial charge in [-0.05, 0) is 14.0 Å². The Balaban J connectivity index is 2.79. The highest BCUT2D eigenvalue weighted by atomic mass is 19.4. The fourth-order valence-electron chi connectivity index (χ4n) is 2.20. The molecule has 1 aliphatic heterocycles. The molecule has 0 aromatic heterocycles. The minimum absolute atomic E-state index is 0.245. The van der Waals surface area contributed by atoms with Gasteiger partial charge in [0.25, 0.3) is 0 Å². The number of hydrogen-bond acceptors (Lipinski definition) is 3. The molecule has 100 valence electrons. The molecule has 0 aliphatic carbocycles. The predicted octanol–water partition coefficient (Wildman–Crippen LogP) is 1.03. The second-order valence-electron chi connectivity index (χ2n) is 4.50. The van der Waals surface area contributed by atoms with Crippen molar-refractivity contribution in [2.75, 3.05) is 26.7 Å². The molecule has 0 saturated carbocycles. The Hall–Kier alpha value is -0.820. The number of hydrogen-bond donors (Lipinski definition) is 1. The molecular weight excluding hydrogens is 237 g/mol. The van der Waals surface area contributed by atoms with E-state index in [1.54, 1.807) is 6.92 Å². The Kier molecular flexibility index (Phi) is 4.37. The minimum Gasteiger partial charge on any atom is -0.481 e. The van der Waals surface area contributed by atoms with E-state index in [0.717, 1.165) is 0 Å². The van der Waals surface area contributed by atoms with Gasteiger partial charge in [-0.3, -0.25) is 9.69 Å². The summed E-state index contributed by atoms with van der Waals surface area (Å²) < 4.78 is 38.5. The molecule has 0 bridgehead atoms. The van der Waals surface area contributed by atoms with Crippen molar-refractivity contribution in [3.05, 3.63) is 0 Å². The number of nitrogens with zero attached hydrogens (tertiary/aromatic N) is 2. The summed E-state index contributed by atoms with van der Waals surface area (Å²) in [5.41, 5.74) is 0. The number of carboxylic acid groups (broad SMARTS) is 1. The number of alkyl halides is 3.